The summed E-state index contributed by atoms with van der Waals surface area (Å²) in [5.74, 6) is 0.578. The Morgan fingerprint density at radius 1 is 1.26 bits per heavy atom. The molecule has 0 aliphatic heterocycles. The number of esters is 1. The van der Waals surface area contributed by atoms with E-state index in [0.717, 1.165) is 11.4 Å². The Morgan fingerprint density at radius 3 is 2.65 bits per heavy atom. The number of benzene rings is 1. The van der Waals surface area contributed by atoms with Crippen LogP contribution in [0.2, 0.25) is 0 Å². The van der Waals surface area contributed by atoms with Crippen LogP contribution in [0.25, 0.3) is 11.4 Å². The molecule has 31 heavy (non-hydrogen) atoms. The SMILES string of the molecule is C=CCn1c(SCC(=O)Nc2sccc2C(=O)OC)nnc1-c1ccc(C(C)C)cc1. The molecule has 0 saturated carbocycles. The Balaban J connectivity index is 1.72. The third kappa shape index (κ3) is 5.42. The second kappa shape index (κ2) is 10.4. The normalized spacial score (nSPS) is 10.8. The van der Waals surface area contributed by atoms with Crippen LogP contribution in [0.3, 0.4) is 0 Å². The summed E-state index contributed by atoms with van der Waals surface area (Å²) in [6.45, 7) is 8.65. The molecule has 3 aromatic rings. The van der Waals surface area contributed by atoms with Crippen molar-refractivity contribution in [2.24, 2.45) is 0 Å². The van der Waals surface area contributed by atoms with Gasteiger partial charge in [-0.2, -0.15) is 0 Å². The minimum Gasteiger partial charge on any atom is -0.465 e. The average molecular weight is 457 g/mol. The summed E-state index contributed by atoms with van der Waals surface area (Å²) in [6, 6.07) is 9.87. The number of hydrogen-bond acceptors (Lipinski definition) is 7. The number of amides is 1. The van der Waals surface area contributed by atoms with E-state index in [9.17, 15) is 9.59 Å². The van der Waals surface area contributed by atoms with E-state index >= 15 is 0 Å². The molecule has 3 rings (SSSR count). The van der Waals surface area contributed by atoms with Crippen molar-refractivity contribution < 1.29 is 14.3 Å². The number of hydrogen-bond donors (Lipinski definition) is 1. The van der Waals surface area contributed by atoms with E-state index in [-0.39, 0.29) is 11.7 Å². The molecule has 162 valence electrons. The van der Waals surface area contributed by atoms with Crippen molar-refractivity contribution in [3.05, 3.63) is 59.5 Å². The van der Waals surface area contributed by atoms with Gasteiger partial charge in [-0.05, 0) is 22.9 Å². The van der Waals surface area contributed by atoms with Gasteiger partial charge in [0, 0.05) is 12.1 Å². The van der Waals surface area contributed by atoms with E-state index in [1.165, 1.54) is 35.8 Å². The number of carbonyl (C=O) groups is 2. The molecule has 0 unspecified atom stereocenters. The first-order valence-corrected chi connectivity index (χ1v) is 11.5. The number of nitrogens with zero attached hydrogens (tertiary/aromatic N) is 3. The number of thioether (sulfide) groups is 1. The molecule has 1 aromatic carbocycles. The summed E-state index contributed by atoms with van der Waals surface area (Å²) in [5, 5.41) is 14.2. The highest BCUT2D eigenvalue weighted by Crippen LogP contribution is 2.27. The van der Waals surface area contributed by atoms with Crippen LogP contribution in [0, 0.1) is 0 Å². The molecule has 0 aliphatic carbocycles. The van der Waals surface area contributed by atoms with Gasteiger partial charge in [0.2, 0.25) is 5.91 Å². The second-order valence-corrected chi connectivity index (χ2v) is 8.83. The van der Waals surface area contributed by atoms with Crippen LogP contribution in [0.5, 0.6) is 0 Å². The van der Waals surface area contributed by atoms with Gasteiger partial charge in [-0.3, -0.25) is 9.36 Å². The lowest BCUT2D eigenvalue weighted by molar-refractivity contribution is -0.113. The summed E-state index contributed by atoms with van der Waals surface area (Å²) < 4.78 is 6.67. The van der Waals surface area contributed by atoms with E-state index in [2.05, 4.69) is 48.1 Å². The van der Waals surface area contributed by atoms with Crippen molar-refractivity contribution >= 4 is 40.0 Å². The lowest BCUT2D eigenvalue weighted by atomic mass is 10.0. The van der Waals surface area contributed by atoms with Crippen LogP contribution < -0.4 is 5.32 Å². The summed E-state index contributed by atoms with van der Waals surface area (Å²) in [5.41, 5.74) is 2.55. The Bertz CT molecular complexity index is 1070. The van der Waals surface area contributed by atoms with Gasteiger partial charge in [0.15, 0.2) is 11.0 Å². The van der Waals surface area contributed by atoms with E-state index in [1.54, 1.807) is 17.5 Å². The lowest BCUT2D eigenvalue weighted by Gasteiger charge is -2.10. The van der Waals surface area contributed by atoms with Gasteiger partial charge in [0.05, 0.1) is 18.4 Å². The number of nitrogens with one attached hydrogen (secondary N) is 1. The fourth-order valence-electron chi connectivity index (χ4n) is 2.89. The third-order valence-electron chi connectivity index (χ3n) is 4.52. The molecule has 0 fully saturated rings. The topological polar surface area (TPSA) is 86.1 Å². The molecule has 0 radical (unpaired) electrons. The first-order valence-electron chi connectivity index (χ1n) is 9.67. The monoisotopic (exact) mass is 456 g/mol. The Morgan fingerprint density at radius 2 is 2.00 bits per heavy atom. The fourth-order valence-corrected chi connectivity index (χ4v) is 4.43. The van der Waals surface area contributed by atoms with Crippen LogP contribution in [-0.2, 0) is 16.1 Å². The largest absolute Gasteiger partial charge is 0.465 e. The summed E-state index contributed by atoms with van der Waals surface area (Å²) in [7, 11) is 1.31. The van der Waals surface area contributed by atoms with Gasteiger partial charge >= 0.3 is 5.97 Å². The number of carbonyl (C=O) groups excluding carboxylic acids is 2. The van der Waals surface area contributed by atoms with E-state index in [0.29, 0.717) is 28.2 Å². The molecular formula is C22H24N4O3S2. The average Bonchev–Trinajstić information content (AvgIpc) is 3.39. The van der Waals surface area contributed by atoms with E-state index in [1.807, 2.05) is 16.7 Å². The van der Waals surface area contributed by atoms with Crippen molar-refractivity contribution in [2.45, 2.75) is 31.5 Å². The van der Waals surface area contributed by atoms with Crippen molar-refractivity contribution in [3.63, 3.8) is 0 Å². The maximum Gasteiger partial charge on any atom is 0.340 e. The van der Waals surface area contributed by atoms with E-state index in [4.69, 9.17) is 4.74 Å². The van der Waals surface area contributed by atoms with Crippen molar-refractivity contribution in [2.75, 3.05) is 18.2 Å². The van der Waals surface area contributed by atoms with Gasteiger partial charge in [-0.1, -0.05) is 56.0 Å². The summed E-state index contributed by atoms with van der Waals surface area (Å²) in [4.78, 5) is 24.2. The minimum absolute atomic E-state index is 0.125. The van der Waals surface area contributed by atoms with Gasteiger partial charge in [-0.25, -0.2) is 4.79 Å². The molecular weight excluding hydrogens is 432 g/mol. The van der Waals surface area contributed by atoms with Gasteiger partial charge in [-0.15, -0.1) is 28.1 Å². The maximum absolute atomic E-state index is 12.4. The zero-order chi connectivity index (χ0) is 22.4. The molecule has 7 nitrogen and oxygen atoms in total. The first-order chi connectivity index (χ1) is 14.9. The predicted octanol–water partition coefficient (Wildman–Crippen LogP) is 4.83. The lowest BCUT2D eigenvalue weighted by Crippen LogP contribution is -2.16. The second-order valence-electron chi connectivity index (χ2n) is 6.97. The van der Waals surface area contributed by atoms with Crippen molar-refractivity contribution in [1.29, 1.82) is 0 Å². The molecule has 2 heterocycles. The highest BCUT2D eigenvalue weighted by Gasteiger charge is 2.18. The minimum atomic E-state index is -0.483. The Labute approximate surface area is 189 Å². The Hall–Kier alpha value is -2.91. The number of methoxy groups -OCH3 is 1. The van der Waals surface area contributed by atoms with E-state index < -0.39 is 5.97 Å². The molecule has 9 heteroatoms. The van der Waals surface area contributed by atoms with Gasteiger partial charge < -0.3 is 10.1 Å². The number of anilines is 1. The third-order valence-corrected chi connectivity index (χ3v) is 6.32. The smallest absolute Gasteiger partial charge is 0.340 e. The van der Waals surface area contributed by atoms with Crippen LogP contribution in [0.4, 0.5) is 5.00 Å². The zero-order valence-electron chi connectivity index (χ0n) is 17.6. The Kier molecular flexibility index (Phi) is 7.64. The number of rotatable bonds is 9. The predicted molar refractivity (Wildman–Crippen MR) is 125 cm³/mol. The molecule has 0 bridgehead atoms. The highest BCUT2D eigenvalue weighted by molar-refractivity contribution is 7.99. The summed E-state index contributed by atoms with van der Waals surface area (Å²) in [6.07, 6.45) is 1.77. The number of allylic oxidation sites excluding steroid dienone is 1. The molecule has 2 aromatic heterocycles. The van der Waals surface area contributed by atoms with Crippen molar-refractivity contribution in [3.8, 4) is 11.4 Å². The van der Waals surface area contributed by atoms with Crippen LogP contribution in [-0.4, -0.2) is 39.5 Å². The molecule has 0 atom stereocenters. The zero-order valence-corrected chi connectivity index (χ0v) is 19.3. The molecule has 0 spiro atoms. The van der Waals surface area contributed by atoms with Gasteiger partial charge in [0.25, 0.3) is 0 Å². The summed E-state index contributed by atoms with van der Waals surface area (Å²) >= 11 is 2.55. The molecule has 0 aliphatic rings. The fraction of sp³-hybridized carbons (Fsp3) is 0.273. The molecule has 0 saturated heterocycles. The maximum atomic E-state index is 12.4. The number of thiophene rings is 1. The number of ether oxygens (including phenoxy) is 1. The standard InChI is InChI=1S/C22H24N4O3S2/c1-5-11-26-19(16-8-6-15(7-9-16)14(2)3)24-25-22(26)31-13-18(27)23-20-17(10-12-30-20)21(28)29-4/h5-10,12,14H,1,11,13H2,2-4H3,(H,23,27). The first kappa shape index (κ1) is 22.8. The molecule has 1 N–H and O–H groups in total. The van der Waals surface area contributed by atoms with Crippen LogP contribution in [0.15, 0.2) is 53.5 Å². The quantitative estimate of drug-likeness (QED) is 0.282. The number of aromatic nitrogens is 3. The van der Waals surface area contributed by atoms with Crippen LogP contribution >= 0.6 is 23.1 Å². The van der Waals surface area contributed by atoms with Crippen molar-refractivity contribution in [1.82, 2.24) is 14.8 Å². The van der Waals surface area contributed by atoms with Crippen LogP contribution in [0.1, 0.15) is 35.7 Å². The molecule has 1 amide bonds. The highest BCUT2D eigenvalue weighted by atomic mass is 32.2. The van der Waals surface area contributed by atoms with Gasteiger partial charge in [0.1, 0.15) is 5.00 Å².